The highest BCUT2D eigenvalue weighted by molar-refractivity contribution is 14.0. The number of halogens is 1. The van der Waals surface area contributed by atoms with E-state index in [0.29, 0.717) is 0 Å². The molecule has 1 aromatic rings. The summed E-state index contributed by atoms with van der Waals surface area (Å²) >= 11 is 1.76. The predicted molar refractivity (Wildman–Crippen MR) is 82.9 cm³/mol. The zero-order chi connectivity index (χ0) is 11.1. The molecule has 16 heavy (non-hydrogen) atoms. The van der Waals surface area contributed by atoms with Crippen molar-refractivity contribution in [3.05, 3.63) is 34.5 Å². The van der Waals surface area contributed by atoms with Gasteiger partial charge in [0.05, 0.1) is 6.54 Å². The van der Waals surface area contributed by atoms with Crippen molar-refractivity contribution in [2.75, 3.05) is 13.6 Å². The molecule has 0 radical (unpaired) electrons. The van der Waals surface area contributed by atoms with Crippen molar-refractivity contribution in [2.24, 2.45) is 4.99 Å². The summed E-state index contributed by atoms with van der Waals surface area (Å²) in [7, 11) is 1.76. The van der Waals surface area contributed by atoms with Crippen LogP contribution in [0.4, 0.5) is 0 Å². The summed E-state index contributed by atoms with van der Waals surface area (Å²) in [5.74, 6) is 0.808. The van der Waals surface area contributed by atoms with E-state index in [1.54, 1.807) is 18.4 Å². The number of thiophene rings is 1. The molecule has 90 valence electrons. The third kappa shape index (κ3) is 4.98. The van der Waals surface area contributed by atoms with Gasteiger partial charge in [0.15, 0.2) is 5.96 Å². The summed E-state index contributed by atoms with van der Waals surface area (Å²) in [4.78, 5) is 5.45. The maximum absolute atomic E-state index is 4.11. The molecular weight excluding hydrogens is 333 g/mol. The van der Waals surface area contributed by atoms with Crippen LogP contribution in [0.5, 0.6) is 0 Å². The van der Waals surface area contributed by atoms with Crippen LogP contribution in [0.2, 0.25) is 0 Å². The van der Waals surface area contributed by atoms with Crippen LogP contribution in [0.15, 0.2) is 29.1 Å². The molecule has 2 N–H and O–H groups in total. The van der Waals surface area contributed by atoms with Crippen LogP contribution in [0, 0.1) is 6.92 Å². The normalized spacial score (nSPS) is 10.5. The number of rotatable bonds is 4. The average Bonchev–Trinajstić information content (AvgIpc) is 2.65. The van der Waals surface area contributed by atoms with Gasteiger partial charge in [-0.1, -0.05) is 6.08 Å². The Labute approximate surface area is 118 Å². The smallest absolute Gasteiger partial charge is 0.191 e. The Kier molecular flexibility index (Phi) is 8.28. The lowest BCUT2D eigenvalue weighted by molar-refractivity contribution is 0.854. The zero-order valence-corrected chi connectivity index (χ0v) is 12.8. The number of aliphatic imine (C=N–C) groups is 1. The van der Waals surface area contributed by atoms with E-state index in [-0.39, 0.29) is 24.0 Å². The first-order chi connectivity index (χ1) is 7.27. The molecule has 1 rings (SSSR count). The van der Waals surface area contributed by atoms with Crippen LogP contribution in [-0.2, 0) is 6.54 Å². The average molecular weight is 351 g/mol. The molecule has 0 aliphatic rings. The van der Waals surface area contributed by atoms with Gasteiger partial charge in [0.2, 0.25) is 0 Å². The number of hydrogen-bond acceptors (Lipinski definition) is 2. The lowest BCUT2D eigenvalue weighted by Gasteiger charge is -2.09. The van der Waals surface area contributed by atoms with E-state index in [4.69, 9.17) is 0 Å². The van der Waals surface area contributed by atoms with Gasteiger partial charge in [-0.05, 0) is 23.9 Å². The van der Waals surface area contributed by atoms with Crippen molar-refractivity contribution in [3.8, 4) is 0 Å². The van der Waals surface area contributed by atoms with Crippen molar-refractivity contribution >= 4 is 41.3 Å². The van der Waals surface area contributed by atoms with Gasteiger partial charge in [-0.2, -0.15) is 0 Å². The summed E-state index contributed by atoms with van der Waals surface area (Å²) in [6, 6.07) is 2.13. The summed E-state index contributed by atoms with van der Waals surface area (Å²) in [5, 5.41) is 8.48. The largest absolute Gasteiger partial charge is 0.353 e. The molecule has 0 unspecified atom stereocenters. The minimum absolute atomic E-state index is 0. The van der Waals surface area contributed by atoms with Crippen LogP contribution in [0.25, 0.3) is 0 Å². The fourth-order valence-electron chi connectivity index (χ4n) is 1.14. The van der Waals surface area contributed by atoms with E-state index in [1.165, 1.54) is 10.4 Å². The van der Waals surface area contributed by atoms with Gasteiger partial charge in [0.25, 0.3) is 0 Å². The first-order valence-corrected chi connectivity index (χ1v) is 5.74. The monoisotopic (exact) mass is 351 g/mol. The number of hydrogen-bond donors (Lipinski definition) is 2. The van der Waals surface area contributed by atoms with Gasteiger partial charge >= 0.3 is 0 Å². The third-order valence-corrected chi connectivity index (χ3v) is 3.05. The Balaban J connectivity index is 0.00000225. The molecule has 0 spiro atoms. The summed E-state index contributed by atoms with van der Waals surface area (Å²) in [5.41, 5.74) is 1.33. The molecule has 0 amide bonds. The van der Waals surface area contributed by atoms with Crippen molar-refractivity contribution in [2.45, 2.75) is 13.5 Å². The highest BCUT2D eigenvalue weighted by atomic mass is 127. The number of guanidine groups is 1. The zero-order valence-electron chi connectivity index (χ0n) is 9.62. The van der Waals surface area contributed by atoms with E-state index >= 15 is 0 Å². The molecule has 0 saturated carbocycles. The SMILES string of the molecule is C=CCNC(=NC)NCc1sccc1C.I. The van der Waals surface area contributed by atoms with Gasteiger partial charge in [0, 0.05) is 18.5 Å². The Hall–Kier alpha value is -0.560. The Morgan fingerprint density at radius 1 is 1.56 bits per heavy atom. The van der Waals surface area contributed by atoms with E-state index in [2.05, 4.69) is 40.6 Å². The Morgan fingerprint density at radius 2 is 2.31 bits per heavy atom. The topological polar surface area (TPSA) is 36.4 Å². The van der Waals surface area contributed by atoms with Crippen LogP contribution >= 0.6 is 35.3 Å². The van der Waals surface area contributed by atoms with Gasteiger partial charge in [-0.15, -0.1) is 41.9 Å². The van der Waals surface area contributed by atoms with E-state index in [1.807, 2.05) is 6.08 Å². The standard InChI is InChI=1S/C11H17N3S.HI/c1-4-6-13-11(12-3)14-8-10-9(2)5-7-15-10;/h4-5,7H,1,6,8H2,2-3H3,(H2,12,13,14);1H. The van der Waals surface area contributed by atoms with Gasteiger partial charge in [-0.3, -0.25) is 4.99 Å². The van der Waals surface area contributed by atoms with Gasteiger partial charge in [-0.25, -0.2) is 0 Å². The van der Waals surface area contributed by atoms with Crippen molar-refractivity contribution < 1.29 is 0 Å². The predicted octanol–water partition coefficient (Wildman–Crippen LogP) is 2.53. The fourth-order valence-corrected chi connectivity index (χ4v) is 1.98. The molecule has 1 heterocycles. The molecule has 3 nitrogen and oxygen atoms in total. The second-order valence-electron chi connectivity index (χ2n) is 3.12. The van der Waals surface area contributed by atoms with Gasteiger partial charge < -0.3 is 10.6 Å². The van der Waals surface area contributed by atoms with Crippen molar-refractivity contribution in [1.82, 2.24) is 10.6 Å². The molecule has 0 aliphatic heterocycles. The maximum atomic E-state index is 4.11. The minimum Gasteiger partial charge on any atom is -0.353 e. The Morgan fingerprint density at radius 3 is 2.81 bits per heavy atom. The van der Waals surface area contributed by atoms with Crippen molar-refractivity contribution in [3.63, 3.8) is 0 Å². The molecule has 0 saturated heterocycles. The molecule has 0 aromatic carbocycles. The van der Waals surface area contributed by atoms with Crippen LogP contribution in [0.3, 0.4) is 0 Å². The second-order valence-corrected chi connectivity index (χ2v) is 4.12. The second kappa shape index (κ2) is 8.58. The maximum Gasteiger partial charge on any atom is 0.191 e. The van der Waals surface area contributed by atoms with Crippen LogP contribution < -0.4 is 10.6 Å². The molecule has 0 atom stereocenters. The lowest BCUT2D eigenvalue weighted by atomic mass is 10.3. The number of nitrogens with one attached hydrogen (secondary N) is 2. The van der Waals surface area contributed by atoms with E-state index in [0.717, 1.165) is 19.0 Å². The van der Waals surface area contributed by atoms with Crippen molar-refractivity contribution in [1.29, 1.82) is 0 Å². The summed E-state index contributed by atoms with van der Waals surface area (Å²) in [6.07, 6.45) is 1.81. The first-order valence-electron chi connectivity index (χ1n) is 4.86. The lowest BCUT2D eigenvalue weighted by Crippen LogP contribution is -2.36. The fraction of sp³-hybridized carbons (Fsp3) is 0.364. The highest BCUT2D eigenvalue weighted by Gasteiger charge is 2.00. The third-order valence-electron chi connectivity index (χ3n) is 2.02. The first kappa shape index (κ1) is 15.4. The number of aryl methyl sites for hydroxylation is 1. The summed E-state index contributed by atoms with van der Waals surface area (Å²) in [6.45, 7) is 7.31. The molecule has 5 heteroatoms. The highest BCUT2D eigenvalue weighted by Crippen LogP contribution is 2.14. The molecular formula is C11H18IN3S. The molecule has 0 aliphatic carbocycles. The van der Waals surface area contributed by atoms with E-state index in [9.17, 15) is 0 Å². The van der Waals surface area contributed by atoms with Gasteiger partial charge in [0.1, 0.15) is 0 Å². The number of nitrogens with zero attached hydrogens (tertiary/aromatic N) is 1. The van der Waals surface area contributed by atoms with E-state index < -0.39 is 0 Å². The molecule has 0 bridgehead atoms. The Bertz CT molecular complexity index is 347. The summed E-state index contributed by atoms with van der Waals surface area (Å²) < 4.78 is 0. The minimum atomic E-state index is 0. The molecule has 0 fully saturated rings. The quantitative estimate of drug-likeness (QED) is 0.379. The van der Waals surface area contributed by atoms with Crippen LogP contribution in [-0.4, -0.2) is 19.6 Å². The molecule has 1 aromatic heterocycles. The van der Waals surface area contributed by atoms with Crippen LogP contribution in [0.1, 0.15) is 10.4 Å².